The first-order chi connectivity index (χ1) is 15.0. The third-order valence-corrected chi connectivity index (χ3v) is 5.80. The topological polar surface area (TPSA) is 49.9 Å². The third-order valence-electron chi connectivity index (χ3n) is 5.80. The number of carbonyl (C=O) groups is 2. The molecule has 0 radical (unpaired) electrons. The molecule has 31 heavy (non-hydrogen) atoms. The minimum atomic E-state index is -0.0431. The second kappa shape index (κ2) is 8.80. The number of fused-ring (bicyclic) bond motifs is 2. The first-order valence-corrected chi connectivity index (χ1v) is 10.8. The van der Waals surface area contributed by atoms with E-state index in [4.69, 9.17) is 4.74 Å². The van der Waals surface area contributed by atoms with Gasteiger partial charge in [-0.25, -0.2) is 0 Å². The van der Waals surface area contributed by atoms with Gasteiger partial charge in [-0.1, -0.05) is 37.3 Å². The van der Waals surface area contributed by atoms with Crippen LogP contribution in [0.1, 0.15) is 41.8 Å². The highest BCUT2D eigenvalue weighted by Crippen LogP contribution is 2.31. The van der Waals surface area contributed by atoms with E-state index in [0.717, 1.165) is 46.2 Å². The van der Waals surface area contributed by atoms with Gasteiger partial charge in [0.05, 0.1) is 6.61 Å². The Bertz CT molecular complexity index is 1140. The smallest absolute Gasteiger partial charge is 0.253 e. The number of rotatable bonds is 6. The molecule has 2 amide bonds. The predicted octanol–water partition coefficient (Wildman–Crippen LogP) is 4.81. The number of ether oxygens (including phenoxy) is 1. The highest BCUT2D eigenvalue weighted by molar-refractivity contribution is 5.98. The lowest BCUT2D eigenvalue weighted by atomic mass is 10.0. The number of hydrogen-bond acceptors (Lipinski definition) is 3. The fourth-order valence-electron chi connectivity index (χ4n) is 4.22. The highest BCUT2D eigenvalue weighted by Gasteiger charge is 2.24. The Morgan fingerprint density at radius 2 is 1.90 bits per heavy atom. The molecule has 0 N–H and O–H groups in total. The molecule has 160 valence electrons. The van der Waals surface area contributed by atoms with E-state index in [-0.39, 0.29) is 11.8 Å². The van der Waals surface area contributed by atoms with Crippen LogP contribution >= 0.6 is 0 Å². The lowest BCUT2D eigenvalue weighted by molar-refractivity contribution is -0.116. The van der Waals surface area contributed by atoms with Crippen molar-refractivity contribution < 1.29 is 14.3 Å². The maximum atomic E-state index is 13.2. The van der Waals surface area contributed by atoms with E-state index in [1.807, 2.05) is 43.4 Å². The van der Waals surface area contributed by atoms with Crippen LogP contribution in [0, 0.1) is 0 Å². The van der Waals surface area contributed by atoms with Gasteiger partial charge in [0.25, 0.3) is 5.91 Å². The summed E-state index contributed by atoms with van der Waals surface area (Å²) in [6.45, 7) is 5.42. The summed E-state index contributed by atoms with van der Waals surface area (Å²) in [6, 6.07) is 17.9. The lowest BCUT2D eigenvalue weighted by Crippen LogP contribution is -2.27. The Morgan fingerprint density at radius 1 is 1.10 bits per heavy atom. The molecule has 3 aromatic carbocycles. The number of hydrogen-bond donors (Lipinski definition) is 0. The van der Waals surface area contributed by atoms with Crippen molar-refractivity contribution >= 4 is 28.3 Å². The number of nitrogens with zero attached hydrogens (tertiary/aromatic N) is 2. The number of benzene rings is 3. The van der Waals surface area contributed by atoms with Gasteiger partial charge < -0.3 is 14.5 Å². The molecule has 0 saturated carbocycles. The van der Waals surface area contributed by atoms with Crippen LogP contribution in [-0.4, -0.2) is 36.9 Å². The first-order valence-electron chi connectivity index (χ1n) is 10.8. The molecule has 0 aliphatic carbocycles. The molecule has 0 atom stereocenters. The second-order valence-electron chi connectivity index (χ2n) is 8.04. The number of anilines is 1. The quantitative estimate of drug-likeness (QED) is 0.579. The van der Waals surface area contributed by atoms with Crippen LogP contribution in [0.25, 0.3) is 10.8 Å². The maximum Gasteiger partial charge on any atom is 0.253 e. The molecular formula is C26H28N2O3. The van der Waals surface area contributed by atoms with E-state index < -0.39 is 0 Å². The van der Waals surface area contributed by atoms with Crippen molar-refractivity contribution in [2.45, 2.75) is 33.2 Å². The molecule has 5 heteroatoms. The highest BCUT2D eigenvalue weighted by atomic mass is 16.5. The summed E-state index contributed by atoms with van der Waals surface area (Å²) >= 11 is 0. The van der Waals surface area contributed by atoms with E-state index in [1.165, 1.54) is 0 Å². The van der Waals surface area contributed by atoms with Gasteiger partial charge in [0, 0.05) is 43.9 Å². The number of carbonyl (C=O) groups excluding carboxylic acids is 2. The predicted molar refractivity (Wildman–Crippen MR) is 124 cm³/mol. The zero-order valence-corrected chi connectivity index (χ0v) is 18.4. The van der Waals surface area contributed by atoms with Crippen LogP contribution in [0.2, 0.25) is 0 Å². The molecule has 1 aliphatic heterocycles. The van der Waals surface area contributed by atoms with Crippen LogP contribution < -0.4 is 9.64 Å². The molecule has 0 spiro atoms. The van der Waals surface area contributed by atoms with Crippen molar-refractivity contribution in [2.24, 2.45) is 0 Å². The van der Waals surface area contributed by atoms with E-state index >= 15 is 0 Å². The molecule has 0 saturated heterocycles. The zero-order valence-electron chi connectivity index (χ0n) is 18.4. The van der Waals surface area contributed by atoms with Crippen LogP contribution in [0.5, 0.6) is 5.75 Å². The molecule has 0 unspecified atom stereocenters. The van der Waals surface area contributed by atoms with Gasteiger partial charge >= 0.3 is 0 Å². The summed E-state index contributed by atoms with van der Waals surface area (Å²) in [5.41, 5.74) is 3.62. The maximum absolute atomic E-state index is 13.2. The van der Waals surface area contributed by atoms with Gasteiger partial charge in [-0.05, 0) is 53.4 Å². The van der Waals surface area contributed by atoms with E-state index in [1.54, 1.807) is 16.7 Å². The normalized spacial score (nSPS) is 12.7. The minimum absolute atomic E-state index is 0.0329. The summed E-state index contributed by atoms with van der Waals surface area (Å²) in [5.74, 6) is 0.815. The lowest BCUT2D eigenvalue weighted by Gasteiger charge is -2.22. The van der Waals surface area contributed by atoms with E-state index in [2.05, 4.69) is 25.1 Å². The fraction of sp³-hybridized carbons (Fsp3) is 0.308. The van der Waals surface area contributed by atoms with Gasteiger partial charge in [0.15, 0.2) is 0 Å². The standard InChI is InChI=1S/C26H28N2O3/c1-4-15-31-25-12-10-19-7-5-6-8-22(19)23(25)17-27(3)26(30)21-9-11-24-20(16-21)13-14-28(24)18(2)29/h5-12,16H,4,13-15,17H2,1-3H3. The molecule has 5 nitrogen and oxygen atoms in total. The minimum Gasteiger partial charge on any atom is -0.493 e. The molecule has 1 heterocycles. The Hall–Kier alpha value is -3.34. The van der Waals surface area contributed by atoms with Crippen LogP contribution in [0.3, 0.4) is 0 Å². The van der Waals surface area contributed by atoms with Crippen molar-refractivity contribution in [1.82, 2.24) is 4.90 Å². The van der Waals surface area contributed by atoms with Crippen LogP contribution in [0.4, 0.5) is 5.69 Å². The Labute approximate surface area is 183 Å². The second-order valence-corrected chi connectivity index (χ2v) is 8.04. The van der Waals surface area contributed by atoms with Crippen LogP contribution in [0.15, 0.2) is 54.6 Å². The SMILES string of the molecule is CCCOc1ccc2ccccc2c1CN(C)C(=O)c1ccc2c(c1)CCN2C(C)=O. The molecule has 0 bridgehead atoms. The van der Waals surface area contributed by atoms with Crippen molar-refractivity contribution in [3.05, 3.63) is 71.3 Å². The summed E-state index contributed by atoms with van der Waals surface area (Å²) in [4.78, 5) is 28.5. The third kappa shape index (κ3) is 4.13. The van der Waals surface area contributed by atoms with Crippen molar-refractivity contribution in [3.63, 3.8) is 0 Å². The van der Waals surface area contributed by atoms with E-state index in [0.29, 0.717) is 25.3 Å². The average Bonchev–Trinajstić information content (AvgIpc) is 3.21. The van der Waals surface area contributed by atoms with Gasteiger partial charge in [-0.15, -0.1) is 0 Å². The number of amides is 2. The molecule has 0 fully saturated rings. The van der Waals surface area contributed by atoms with Crippen molar-refractivity contribution in [2.75, 3.05) is 25.1 Å². The Kier molecular flexibility index (Phi) is 5.94. The molecule has 3 aromatic rings. The summed E-state index contributed by atoms with van der Waals surface area (Å²) < 4.78 is 6.00. The first kappa shape index (κ1) is 20.9. The van der Waals surface area contributed by atoms with Crippen molar-refractivity contribution in [1.29, 1.82) is 0 Å². The van der Waals surface area contributed by atoms with E-state index in [9.17, 15) is 9.59 Å². The zero-order chi connectivity index (χ0) is 22.0. The van der Waals surface area contributed by atoms with Gasteiger partial charge in [-0.3, -0.25) is 9.59 Å². The summed E-state index contributed by atoms with van der Waals surface area (Å²) in [7, 11) is 1.82. The molecule has 4 rings (SSSR count). The van der Waals surface area contributed by atoms with Gasteiger partial charge in [0.2, 0.25) is 5.91 Å². The Morgan fingerprint density at radius 3 is 2.68 bits per heavy atom. The van der Waals surface area contributed by atoms with Crippen LogP contribution in [-0.2, 0) is 17.8 Å². The molecular weight excluding hydrogens is 388 g/mol. The molecule has 0 aromatic heterocycles. The largest absolute Gasteiger partial charge is 0.493 e. The average molecular weight is 417 g/mol. The van der Waals surface area contributed by atoms with Gasteiger partial charge in [-0.2, -0.15) is 0 Å². The fourth-order valence-corrected chi connectivity index (χ4v) is 4.22. The monoisotopic (exact) mass is 416 g/mol. The van der Waals surface area contributed by atoms with Crippen molar-refractivity contribution in [3.8, 4) is 5.75 Å². The molecule has 1 aliphatic rings. The van der Waals surface area contributed by atoms with Gasteiger partial charge in [0.1, 0.15) is 5.75 Å². The summed E-state index contributed by atoms with van der Waals surface area (Å²) in [6.07, 6.45) is 1.70. The summed E-state index contributed by atoms with van der Waals surface area (Å²) in [5, 5.41) is 2.23. The Balaban J connectivity index is 1.61.